The van der Waals surface area contributed by atoms with Crippen molar-refractivity contribution in [3.63, 3.8) is 0 Å². The van der Waals surface area contributed by atoms with Gasteiger partial charge < -0.3 is 59.9 Å². The van der Waals surface area contributed by atoms with E-state index in [1.54, 1.807) is 0 Å². The average molecular weight is 406 g/mol. The third kappa shape index (κ3) is 4.98. The maximum Gasteiger partial charge on any atom is 1.00 e. The number of carbonyl (C=O) groups excluding carboxylic acids is 1. The average Bonchev–Trinajstić information content (AvgIpc) is 2.86. The molecule has 2 heterocycles. The van der Waals surface area contributed by atoms with E-state index in [1.807, 2.05) is 0 Å². The summed E-state index contributed by atoms with van der Waals surface area (Å²) in [5.74, 6) is -1.79. The van der Waals surface area contributed by atoms with Crippen LogP contribution in [0.5, 0.6) is 0 Å². The van der Waals surface area contributed by atoms with Crippen molar-refractivity contribution in [3.05, 3.63) is 0 Å². The number of aliphatic hydroxyl groups is 7. The van der Waals surface area contributed by atoms with Crippen LogP contribution in [0.25, 0.3) is 0 Å². The van der Waals surface area contributed by atoms with Gasteiger partial charge in [-0.1, -0.05) is 0 Å². The number of aliphatic hydroxyl groups excluding tert-OH is 7. The Hall–Kier alpha value is 0.0700. The zero-order valence-electron chi connectivity index (χ0n) is 14.6. The first-order valence-corrected chi connectivity index (χ1v) is 7.92. The molecule has 2 aliphatic rings. The predicted octanol–water partition coefficient (Wildman–Crippen LogP) is -9.55. The molecule has 13 heteroatoms. The first kappa shape index (κ1) is 25.1. The van der Waals surface area contributed by atoms with Crippen molar-refractivity contribution < 1.29 is 89.4 Å². The summed E-state index contributed by atoms with van der Waals surface area (Å²) < 4.78 is 15.4. The van der Waals surface area contributed by atoms with E-state index in [1.165, 1.54) is 0 Å². The maximum atomic E-state index is 10.9. The molecule has 0 saturated carbocycles. The zero-order valence-corrected chi connectivity index (χ0v) is 16.6. The van der Waals surface area contributed by atoms with Crippen molar-refractivity contribution in [2.45, 2.75) is 54.4 Å². The number of hydrogen-bond donors (Lipinski definition) is 7. The van der Waals surface area contributed by atoms with E-state index in [9.17, 15) is 40.5 Å². The van der Waals surface area contributed by atoms with E-state index in [-0.39, 0.29) is 29.6 Å². The van der Waals surface area contributed by atoms with Crippen LogP contribution in [-0.4, -0.2) is 123 Å². The number of carboxylic acids is 1. The zero-order chi connectivity index (χ0) is 19.6. The molecule has 0 radical (unpaired) electrons. The van der Waals surface area contributed by atoms with Gasteiger partial charge in [0.1, 0.15) is 54.4 Å². The van der Waals surface area contributed by atoms with Gasteiger partial charge in [-0.15, -0.1) is 0 Å². The van der Waals surface area contributed by atoms with Crippen molar-refractivity contribution in [2.75, 3.05) is 26.4 Å². The Morgan fingerprint density at radius 1 is 1.00 bits per heavy atom. The molecule has 0 bridgehead atoms. The van der Waals surface area contributed by atoms with E-state index in [2.05, 4.69) is 0 Å². The number of hydrogen-bond acceptors (Lipinski definition) is 12. The minimum Gasteiger partial charge on any atom is -0.547 e. The summed E-state index contributed by atoms with van der Waals surface area (Å²) in [6.45, 7) is -2.37. The van der Waals surface area contributed by atoms with E-state index in [0.29, 0.717) is 0 Å². The monoisotopic (exact) mass is 406 g/mol. The second-order valence-corrected chi connectivity index (χ2v) is 6.40. The fourth-order valence-corrected chi connectivity index (χ4v) is 3.03. The Labute approximate surface area is 176 Å². The van der Waals surface area contributed by atoms with Crippen LogP contribution in [-0.2, 0) is 19.0 Å². The summed E-state index contributed by atoms with van der Waals surface area (Å²) in [5, 5.41) is 78.4. The van der Waals surface area contributed by atoms with Gasteiger partial charge in [-0.05, 0) is 0 Å². The van der Waals surface area contributed by atoms with Gasteiger partial charge in [-0.2, -0.15) is 0 Å². The van der Waals surface area contributed by atoms with Gasteiger partial charge in [-0.25, -0.2) is 0 Å². The molecule has 2 rings (SSSR count). The van der Waals surface area contributed by atoms with Crippen molar-refractivity contribution >= 4 is 5.97 Å². The quantitative estimate of drug-likeness (QED) is 0.197. The molecule has 2 saturated heterocycles. The summed E-state index contributed by atoms with van der Waals surface area (Å²) in [7, 11) is 0. The van der Waals surface area contributed by atoms with Crippen LogP contribution in [0.4, 0.5) is 0 Å². The van der Waals surface area contributed by atoms with Crippen LogP contribution in [0.15, 0.2) is 0 Å². The third-order valence-electron chi connectivity index (χ3n) is 4.65. The molecule has 27 heavy (non-hydrogen) atoms. The fourth-order valence-electron chi connectivity index (χ4n) is 3.03. The minimum absolute atomic E-state index is 0. The van der Waals surface area contributed by atoms with Gasteiger partial charge >= 0.3 is 29.6 Å². The summed E-state index contributed by atoms with van der Waals surface area (Å²) in [6.07, 6.45) is -12.8. The number of carbonyl (C=O) groups is 1. The van der Waals surface area contributed by atoms with Gasteiger partial charge in [-0.3, -0.25) is 0 Å². The molecule has 0 aromatic rings. The first-order valence-electron chi connectivity index (χ1n) is 7.92. The summed E-state index contributed by atoms with van der Waals surface area (Å²) in [5.41, 5.74) is -1.75. The van der Waals surface area contributed by atoms with E-state index in [4.69, 9.17) is 19.3 Å². The Kier molecular flexibility index (Phi) is 9.49. The summed E-state index contributed by atoms with van der Waals surface area (Å²) >= 11 is 0. The smallest absolute Gasteiger partial charge is 0.547 e. The van der Waals surface area contributed by atoms with Crippen LogP contribution in [0, 0.1) is 0 Å². The van der Waals surface area contributed by atoms with Crippen molar-refractivity contribution in [2.24, 2.45) is 0 Å². The molecular formula is C14H23NaO12. The standard InChI is InChI=1S/C14H24O12.Na/c15-1-5-8(18)12(21)14(3-16,26-5)4-24-2-6-7(17)9(19)10(20)11(25-6)13(22)23;/h5-12,15-21H,1-4H2,(H,22,23);/q;+1/p-1/t5-,6-,7?,8?,9+,10+,11?,12+,14-;/m0./s1. The molecule has 0 amide bonds. The molecular weight excluding hydrogens is 383 g/mol. The maximum absolute atomic E-state index is 10.9. The topological polar surface area (TPSA) is 209 Å². The number of ether oxygens (including phenoxy) is 3. The van der Waals surface area contributed by atoms with Crippen LogP contribution in [0.2, 0.25) is 0 Å². The predicted molar refractivity (Wildman–Crippen MR) is 76.3 cm³/mol. The largest absolute Gasteiger partial charge is 1.00 e. The van der Waals surface area contributed by atoms with Crippen LogP contribution < -0.4 is 34.7 Å². The molecule has 9 atom stereocenters. The van der Waals surface area contributed by atoms with Crippen LogP contribution in [0.3, 0.4) is 0 Å². The van der Waals surface area contributed by atoms with Gasteiger partial charge in [0.25, 0.3) is 0 Å². The van der Waals surface area contributed by atoms with Gasteiger partial charge in [0, 0.05) is 0 Å². The van der Waals surface area contributed by atoms with Gasteiger partial charge in [0.15, 0.2) is 0 Å². The van der Waals surface area contributed by atoms with Crippen molar-refractivity contribution in [1.29, 1.82) is 0 Å². The number of carboxylic acid groups (broad SMARTS) is 1. The van der Waals surface area contributed by atoms with Gasteiger partial charge in [0.2, 0.25) is 0 Å². The fraction of sp³-hybridized carbons (Fsp3) is 0.929. The summed E-state index contributed by atoms with van der Waals surface area (Å²) in [4.78, 5) is 10.9. The number of aliphatic carboxylic acids is 1. The molecule has 2 fully saturated rings. The van der Waals surface area contributed by atoms with E-state index < -0.39 is 86.8 Å². The molecule has 0 aromatic carbocycles. The second-order valence-electron chi connectivity index (χ2n) is 6.40. The summed E-state index contributed by atoms with van der Waals surface area (Å²) in [6, 6.07) is 0. The molecule has 2 aliphatic heterocycles. The molecule has 0 aliphatic carbocycles. The Bertz CT molecular complexity index is 495. The van der Waals surface area contributed by atoms with Crippen LogP contribution in [0.1, 0.15) is 0 Å². The van der Waals surface area contributed by atoms with Crippen molar-refractivity contribution in [3.8, 4) is 0 Å². The molecule has 7 N–H and O–H groups in total. The second kappa shape index (κ2) is 10.2. The molecule has 0 aromatic heterocycles. The van der Waals surface area contributed by atoms with E-state index >= 15 is 0 Å². The Balaban J connectivity index is 0.00000364. The Morgan fingerprint density at radius 3 is 2.11 bits per heavy atom. The minimum atomic E-state index is -1.89. The molecule has 3 unspecified atom stereocenters. The number of rotatable bonds is 7. The van der Waals surface area contributed by atoms with Crippen LogP contribution >= 0.6 is 0 Å². The van der Waals surface area contributed by atoms with Gasteiger partial charge in [0.05, 0.1) is 32.4 Å². The molecule has 12 nitrogen and oxygen atoms in total. The first-order chi connectivity index (χ1) is 12.2. The molecule has 0 spiro atoms. The SMILES string of the molecule is O=C([O-])C1O[C@@H](COC[C@]2(CO)O[C@@H](CO)C(O)[C@H]2O)C(O)[C@@H](O)[C@H]1O.[Na+]. The Morgan fingerprint density at radius 2 is 1.63 bits per heavy atom. The molecule has 152 valence electrons. The third-order valence-corrected chi connectivity index (χ3v) is 4.65. The van der Waals surface area contributed by atoms with E-state index in [0.717, 1.165) is 0 Å². The normalized spacial score (nSPS) is 44.7. The van der Waals surface area contributed by atoms with Crippen molar-refractivity contribution in [1.82, 2.24) is 0 Å².